The van der Waals surface area contributed by atoms with Crippen LogP contribution in [0.1, 0.15) is 26.3 Å². The van der Waals surface area contributed by atoms with E-state index >= 15 is 0 Å². The summed E-state index contributed by atoms with van der Waals surface area (Å²) in [7, 11) is -1.84. The Morgan fingerprint density at radius 2 is 1.68 bits per heavy atom. The number of hydrogen-bond donors (Lipinski definition) is 2. The quantitative estimate of drug-likeness (QED) is 0.705. The van der Waals surface area contributed by atoms with Crippen molar-refractivity contribution in [2.45, 2.75) is 44.3 Å². The summed E-state index contributed by atoms with van der Waals surface area (Å²) in [6, 6.07) is 11.7. The predicted octanol–water partition coefficient (Wildman–Crippen LogP) is 2.97. The highest BCUT2D eigenvalue weighted by Gasteiger charge is 2.20. The first kappa shape index (κ1) is 22.0. The second-order valence-corrected chi connectivity index (χ2v) is 8.69. The number of halogens is 1. The minimum atomic E-state index is -3.58. The number of amides is 1. The third-order valence-electron chi connectivity index (χ3n) is 4.24. The van der Waals surface area contributed by atoms with Crippen LogP contribution in [0, 0.1) is 5.82 Å². The molecule has 2 aromatic carbocycles. The first-order valence-electron chi connectivity index (χ1n) is 8.97. The van der Waals surface area contributed by atoms with Crippen molar-refractivity contribution in [3.63, 3.8) is 0 Å². The first-order valence-corrected chi connectivity index (χ1v) is 10.5. The second-order valence-electron chi connectivity index (χ2n) is 6.97. The summed E-state index contributed by atoms with van der Waals surface area (Å²) in [6.45, 7) is 5.50. The van der Waals surface area contributed by atoms with Crippen molar-refractivity contribution in [2.24, 2.45) is 0 Å². The lowest BCUT2D eigenvalue weighted by Gasteiger charge is -2.24. The van der Waals surface area contributed by atoms with E-state index in [4.69, 9.17) is 0 Å². The zero-order valence-electron chi connectivity index (χ0n) is 16.4. The lowest BCUT2D eigenvalue weighted by Crippen LogP contribution is -2.39. The summed E-state index contributed by atoms with van der Waals surface area (Å²) >= 11 is 0. The number of hydrogen-bond acceptors (Lipinski definition) is 4. The van der Waals surface area contributed by atoms with Crippen molar-refractivity contribution in [1.82, 2.24) is 9.62 Å². The predicted molar refractivity (Wildman–Crippen MR) is 108 cm³/mol. The molecule has 1 atom stereocenters. The molecular weight excluding hydrogens is 381 g/mol. The molecule has 8 heteroatoms. The van der Waals surface area contributed by atoms with Gasteiger partial charge in [0.15, 0.2) is 0 Å². The van der Waals surface area contributed by atoms with Crippen LogP contribution in [0.2, 0.25) is 0 Å². The van der Waals surface area contributed by atoms with Gasteiger partial charge in [0.05, 0.1) is 10.9 Å². The molecule has 152 valence electrons. The lowest BCUT2D eigenvalue weighted by atomic mass is 10.1. The summed E-state index contributed by atoms with van der Waals surface area (Å²) in [5.41, 5.74) is 0.997. The van der Waals surface area contributed by atoms with E-state index in [1.54, 1.807) is 50.9 Å². The molecule has 0 spiro atoms. The van der Waals surface area contributed by atoms with E-state index in [0.717, 1.165) is 0 Å². The Morgan fingerprint density at radius 3 is 2.25 bits per heavy atom. The molecule has 0 heterocycles. The fraction of sp³-hybridized carbons (Fsp3) is 0.350. The highest BCUT2D eigenvalue weighted by molar-refractivity contribution is 7.89. The van der Waals surface area contributed by atoms with Crippen LogP contribution in [0.4, 0.5) is 10.1 Å². The maximum atomic E-state index is 13.8. The molecule has 0 aromatic heterocycles. The van der Waals surface area contributed by atoms with E-state index in [1.165, 1.54) is 30.3 Å². The van der Waals surface area contributed by atoms with Gasteiger partial charge >= 0.3 is 0 Å². The topological polar surface area (TPSA) is 78.5 Å². The van der Waals surface area contributed by atoms with E-state index in [2.05, 4.69) is 10.0 Å². The summed E-state index contributed by atoms with van der Waals surface area (Å²) in [4.78, 5) is 14.3. The van der Waals surface area contributed by atoms with Crippen molar-refractivity contribution >= 4 is 21.6 Å². The normalized spacial score (nSPS) is 13.0. The Kier molecular flexibility index (Phi) is 7.29. The second kappa shape index (κ2) is 9.27. The maximum Gasteiger partial charge on any atom is 0.241 e. The minimum absolute atomic E-state index is 0.129. The fourth-order valence-corrected chi connectivity index (χ4v) is 3.83. The number of carbonyl (C=O) groups is 1. The van der Waals surface area contributed by atoms with E-state index in [1.807, 2.05) is 0 Å². The number of nitrogens with one attached hydrogen (secondary N) is 2. The van der Waals surface area contributed by atoms with Crippen molar-refractivity contribution in [1.29, 1.82) is 0 Å². The van der Waals surface area contributed by atoms with Gasteiger partial charge in [0, 0.05) is 23.8 Å². The summed E-state index contributed by atoms with van der Waals surface area (Å²) in [5.74, 6) is -0.580. The molecule has 6 nitrogen and oxygen atoms in total. The highest BCUT2D eigenvalue weighted by atomic mass is 32.2. The van der Waals surface area contributed by atoms with E-state index in [9.17, 15) is 17.6 Å². The largest absolute Gasteiger partial charge is 0.325 e. The molecule has 0 aliphatic rings. The van der Waals surface area contributed by atoms with Gasteiger partial charge in [-0.3, -0.25) is 9.69 Å². The molecule has 2 aromatic rings. The molecule has 0 saturated heterocycles. The highest BCUT2D eigenvalue weighted by Crippen LogP contribution is 2.16. The van der Waals surface area contributed by atoms with Gasteiger partial charge in [-0.1, -0.05) is 18.2 Å². The lowest BCUT2D eigenvalue weighted by molar-refractivity contribution is -0.120. The summed E-state index contributed by atoms with van der Waals surface area (Å²) in [5, 5.41) is 2.75. The Bertz CT molecular complexity index is 915. The van der Waals surface area contributed by atoms with Gasteiger partial charge in [-0.25, -0.2) is 17.5 Å². The van der Waals surface area contributed by atoms with Crippen molar-refractivity contribution < 1.29 is 17.6 Å². The molecule has 0 unspecified atom stereocenters. The smallest absolute Gasteiger partial charge is 0.241 e. The fourth-order valence-electron chi connectivity index (χ4n) is 2.57. The van der Waals surface area contributed by atoms with Gasteiger partial charge in [0.1, 0.15) is 5.82 Å². The Morgan fingerprint density at radius 1 is 1.07 bits per heavy atom. The van der Waals surface area contributed by atoms with Gasteiger partial charge in [0.2, 0.25) is 15.9 Å². The molecule has 2 rings (SSSR count). The van der Waals surface area contributed by atoms with Crippen LogP contribution in [0.25, 0.3) is 0 Å². The van der Waals surface area contributed by atoms with E-state index < -0.39 is 16.1 Å². The minimum Gasteiger partial charge on any atom is -0.325 e. The van der Waals surface area contributed by atoms with Crippen molar-refractivity contribution in [2.75, 3.05) is 12.4 Å². The average Bonchev–Trinajstić information content (AvgIpc) is 2.62. The van der Waals surface area contributed by atoms with Crippen LogP contribution in [0.15, 0.2) is 53.4 Å². The molecule has 1 amide bonds. The molecule has 2 N–H and O–H groups in total. The van der Waals surface area contributed by atoms with Crippen LogP contribution in [-0.2, 0) is 21.4 Å². The average molecular weight is 408 g/mol. The Balaban J connectivity index is 2.01. The SMILES string of the molecule is CC(C)NS(=O)(=O)c1ccc(NC(=O)[C@H](C)N(C)Cc2ccccc2F)cc1. The Hall–Kier alpha value is -2.29. The van der Waals surface area contributed by atoms with Gasteiger partial charge in [-0.15, -0.1) is 0 Å². The van der Waals surface area contributed by atoms with Crippen LogP contribution < -0.4 is 10.0 Å². The molecule has 28 heavy (non-hydrogen) atoms. The van der Waals surface area contributed by atoms with Gasteiger partial charge in [-0.2, -0.15) is 0 Å². The van der Waals surface area contributed by atoms with Crippen LogP contribution >= 0.6 is 0 Å². The molecule has 0 radical (unpaired) electrons. The van der Waals surface area contributed by atoms with Gasteiger partial charge in [-0.05, 0) is 58.2 Å². The molecule has 0 bridgehead atoms. The van der Waals surface area contributed by atoms with Crippen LogP contribution in [0.5, 0.6) is 0 Å². The standard InChI is InChI=1S/C20H26FN3O3S/c1-14(2)23-28(26,27)18-11-9-17(10-12-18)22-20(25)15(3)24(4)13-16-7-5-6-8-19(16)21/h5-12,14-15,23H,13H2,1-4H3,(H,22,25)/t15-/m0/s1. The number of likely N-dealkylation sites (N-methyl/N-ethyl adjacent to an activating group) is 1. The zero-order valence-corrected chi connectivity index (χ0v) is 17.3. The number of rotatable bonds is 8. The zero-order chi connectivity index (χ0) is 20.9. The number of carbonyl (C=O) groups excluding carboxylic acids is 1. The van der Waals surface area contributed by atoms with E-state index in [-0.39, 0.29) is 22.7 Å². The van der Waals surface area contributed by atoms with Crippen molar-refractivity contribution in [3.05, 3.63) is 59.9 Å². The molecule has 0 aliphatic heterocycles. The van der Waals surface area contributed by atoms with E-state index in [0.29, 0.717) is 17.8 Å². The maximum absolute atomic E-state index is 13.8. The summed E-state index contributed by atoms with van der Waals surface area (Å²) < 4.78 is 40.6. The molecule has 0 aliphatic carbocycles. The molecule has 0 saturated carbocycles. The first-order chi connectivity index (χ1) is 13.1. The summed E-state index contributed by atoms with van der Waals surface area (Å²) in [6.07, 6.45) is 0. The van der Waals surface area contributed by atoms with Gasteiger partial charge < -0.3 is 5.32 Å². The third-order valence-corrected chi connectivity index (χ3v) is 5.92. The Labute approximate surface area is 165 Å². The number of anilines is 1. The molecule has 0 fully saturated rings. The van der Waals surface area contributed by atoms with Crippen molar-refractivity contribution in [3.8, 4) is 0 Å². The number of benzene rings is 2. The number of sulfonamides is 1. The monoisotopic (exact) mass is 407 g/mol. The van der Waals surface area contributed by atoms with Gasteiger partial charge in [0.25, 0.3) is 0 Å². The number of nitrogens with zero attached hydrogens (tertiary/aromatic N) is 1. The van der Waals surface area contributed by atoms with Crippen LogP contribution in [0.3, 0.4) is 0 Å². The van der Waals surface area contributed by atoms with Crippen LogP contribution in [-0.4, -0.2) is 38.4 Å². The third kappa shape index (κ3) is 5.85. The molecular formula is C20H26FN3O3S.